The molecule has 1 aromatic heterocycles. The van der Waals surface area contributed by atoms with Crippen LogP contribution < -0.4 is 11.1 Å². The van der Waals surface area contributed by atoms with Crippen molar-refractivity contribution < 1.29 is 22.5 Å². The van der Waals surface area contributed by atoms with Crippen LogP contribution in [0.2, 0.25) is 0 Å². The van der Waals surface area contributed by atoms with Crippen LogP contribution in [-0.4, -0.2) is 22.1 Å². The van der Waals surface area contributed by atoms with Crippen molar-refractivity contribution in [3.05, 3.63) is 30.2 Å². The van der Waals surface area contributed by atoms with Crippen molar-refractivity contribution in [3.63, 3.8) is 0 Å². The molecule has 1 amide bonds. The molecule has 2 unspecified atom stereocenters. The van der Waals surface area contributed by atoms with E-state index in [-0.39, 0.29) is 23.7 Å². The molecule has 2 atom stereocenters. The summed E-state index contributed by atoms with van der Waals surface area (Å²) in [6.07, 6.45) is 0.293. The molecule has 2 saturated carbocycles. The Morgan fingerprint density at radius 1 is 1.14 bits per heavy atom. The maximum atomic E-state index is 12.7. The third-order valence-electron chi connectivity index (χ3n) is 5.86. The number of hydrogen-bond donors (Lipinski definition) is 2. The van der Waals surface area contributed by atoms with E-state index in [0.717, 1.165) is 25.7 Å². The molecule has 2 bridgehead atoms. The Hall–Kier alpha value is -2.42. The fourth-order valence-corrected chi connectivity index (χ4v) is 4.41. The second kappa shape index (κ2) is 7.20. The fraction of sp³-hybridized carbons (Fsp3) is 0.526. The van der Waals surface area contributed by atoms with Gasteiger partial charge in [0.15, 0.2) is 0 Å². The second-order valence-corrected chi connectivity index (χ2v) is 7.68. The van der Waals surface area contributed by atoms with Crippen LogP contribution in [0.4, 0.5) is 18.9 Å². The summed E-state index contributed by atoms with van der Waals surface area (Å²) in [5, 5.41) is 6.25. The first-order chi connectivity index (χ1) is 13.3. The SMILES string of the molecule is NC1C2CCCC1CC(C(=O)Nc1ccc(-c3noc(C(F)(F)F)n3)cc1)C2. The Morgan fingerprint density at radius 2 is 1.79 bits per heavy atom. The van der Waals surface area contributed by atoms with E-state index in [2.05, 4.69) is 20.0 Å². The average molecular weight is 394 g/mol. The minimum Gasteiger partial charge on any atom is -0.329 e. The number of rotatable bonds is 3. The molecule has 3 N–H and O–H groups in total. The van der Waals surface area contributed by atoms with Crippen molar-refractivity contribution in [2.75, 3.05) is 5.32 Å². The van der Waals surface area contributed by atoms with Crippen molar-refractivity contribution in [1.82, 2.24) is 10.1 Å². The highest BCUT2D eigenvalue weighted by molar-refractivity contribution is 5.92. The molecule has 2 aromatic rings. The number of anilines is 1. The lowest BCUT2D eigenvalue weighted by Crippen LogP contribution is -2.48. The van der Waals surface area contributed by atoms with Crippen molar-refractivity contribution in [3.8, 4) is 11.4 Å². The summed E-state index contributed by atoms with van der Waals surface area (Å²) in [5.74, 6) is -0.810. The van der Waals surface area contributed by atoms with E-state index in [4.69, 9.17) is 5.73 Å². The van der Waals surface area contributed by atoms with Gasteiger partial charge in [-0.2, -0.15) is 18.2 Å². The maximum Gasteiger partial charge on any atom is 0.471 e. The van der Waals surface area contributed by atoms with E-state index in [9.17, 15) is 18.0 Å². The highest BCUT2D eigenvalue weighted by atomic mass is 19.4. The molecule has 1 heterocycles. The molecule has 28 heavy (non-hydrogen) atoms. The van der Waals surface area contributed by atoms with E-state index in [0.29, 0.717) is 23.1 Å². The lowest BCUT2D eigenvalue weighted by Gasteiger charge is -2.43. The van der Waals surface area contributed by atoms with Crippen LogP contribution in [0.3, 0.4) is 0 Å². The Morgan fingerprint density at radius 3 is 2.36 bits per heavy atom. The summed E-state index contributed by atoms with van der Waals surface area (Å²) in [6.45, 7) is 0. The molecule has 1 aromatic carbocycles. The number of alkyl halides is 3. The van der Waals surface area contributed by atoms with Gasteiger partial charge in [-0.25, -0.2) is 0 Å². The standard InChI is InChI=1S/C19H21F3N4O2/c20-19(21,22)18-25-16(26-28-18)10-4-6-14(7-5-10)24-17(27)13-8-11-2-1-3-12(9-13)15(11)23/h4-7,11-13,15H,1-3,8-9,23H2,(H,24,27). The lowest BCUT2D eigenvalue weighted by molar-refractivity contribution is -0.159. The minimum absolute atomic E-state index is 0.0320. The number of benzene rings is 1. The van der Waals surface area contributed by atoms with E-state index in [1.54, 1.807) is 24.3 Å². The average Bonchev–Trinajstić information content (AvgIpc) is 3.12. The molecule has 0 aliphatic heterocycles. The number of nitrogens with two attached hydrogens (primary N) is 1. The quantitative estimate of drug-likeness (QED) is 0.825. The van der Waals surface area contributed by atoms with Crippen molar-refractivity contribution in [2.45, 2.75) is 44.3 Å². The normalized spacial score (nSPS) is 27.4. The first-order valence-electron chi connectivity index (χ1n) is 9.39. The number of nitrogens with one attached hydrogen (secondary N) is 1. The van der Waals surface area contributed by atoms with Gasteiger partial charge < -0.3 is 15.6 Å². The molecule has 4 rings (SSSR count). The predicted molar refractivity (Wildman–Crippen MR) is 94.9 cm³/mol. The van der Waals surface area contributed by atoms with E-state index in [1.165, 1.54) is 6.42 Å². The zero-order chi connectivity index (χ0) is 19.9. The molecule has 2 fully saturated rings. The van der Waals surface area contributed by atoms with Crippen LogP contribution in [0.15, 0.2) is 28.8 Å². The first kappa shape index (κ1) is 18.9. The summed E-state index contributed by atoms with van der Waals surface area (Å²) in [6, 6.07) is 6.53. The molecule has 2 aliphatic carbocycles. The number of carbonyl (C=O) groups excluding carboxylic acids is 1. The topological polar surface area (TPSA) is 94.0 Å². The highest BCUT2D eigenvalue weighted by Gasteiger charge is 2.40. The molecule has 2 aliphatic rings. The van der Waals surface area contributed by atoms with Gasteiger partial charge in [0.1, 0.15) is 0 Å². The van der Waals surface area contributed by atoms with Crippen molar-refractivity contribution in [1.29, 1.82) is 0 Å². The third-order valence-corrected chi connectivity index (χ3v) is 5.86. The van der Waals surface area contributed by atoms with Gasteiger partial charge in [-0.1, -0.05) is 11.6 Å². The summed E-state index contributed by atoms with van der Waals surface area (Å²) < 4.78 is 41.9. The van der Waals surface area contributed by atoms with Gasteiger partial charge in [-0.05, 0) is 61.8 Å². The Labute approximate surface area is 159 Å². The predicted octanol–water partition coefficient (Wildman–Crippen LogP) is 3.85. The Bertz CT molecular complexity index is 836. The molecule has 9 heteroatoms. The molecule has 0 radical (unpaired) electrons. The van der Waals surface area contributed by atoms with Crippen LogP contribution in [0.5, 0.6) is 0 Å². The van der Waals surface area contributed by atoms with Crippen LogP contribution in [0, 0.1) is 17.8 Å². The largest absolute Gasteiger partial charge is 0.471 e. The van der Waals surface area contributed by atoms with Crippen molar-refractivity contribution in [2.24, 2.45) is 23.5 Å². The smallest absolute Gasteiger partial charge is 0.329 e. The molecule has 6 nitrogen and oxygen atoms in total. The van der Waals surface area contributed by atoms with Crippen LogP contribution in [0.25, 0.3) is 11.4 Å². The van der Waals surface area contributed by atoms with Gasteiger partial charge in [0.05, 0.1) is 0 Å². The van der Waals surface area contributed by atoms with Crippen LogP contribution in [-0.2, 0) is 11.0 Å². The van der Waals surface area contributed by atoms with Gasteiger partial charge >= 0.3 is 12.1 Å². The van der Waals surface area contributed by atoms with Gasteiger partial charge in [0, 0.05) is 23.2 Å². The number of aromatic nitrogens is 2. The third kappa shape index (κ3) is 3.76. The number of amides is 1. The number of nitrogens with zero attached hydrogens (tertiary/aromatic N) is 2. The summed E-state index contributed by atoms with van der Waals surface area (Å²) in [5.41, 5.74) is 7.23. The molecular weight excluding hydrogens is 373 g/mol. The highest BCUT2D eigenvalue weighted by Crippen LogP contribution is 2.42. The second-order valence-electron chi connectivity index (χ2n) is 7.68. The molecule has 0 saturated heterocycles. The van der Waals surface area contributed by atoms with Gasteiger partial charge in [-0.15, -0.1) is 0 Å². The van der Waals surface area contributed by atoms with Gasteiger partial charge in [-0.3, -0.25) is 4.79 Å². The van der Waals surface area contributed by atoms with Crippen LogP contribution >= 0.6 is 0 Å². The van der Waals surface area contributed by atoms with Crippen LogP contribution in [0.1, 0.15) is 38.0 Å². The zero-order valence-corrected chi connectivity index (χ0v) is 15.1. The van der Waals surface area contributed by atoms with Gasteiger partial charge in [0.2, 0.25) is 11.7 Å². The maximum absolute atomic E-state index is 12.7. The number of fused-ring (bicyclic) bond motifs is 2. The fourth-order valence-electron chi connectivity index (χ4n) is 4.41. The number of hydrogen-bond acceptors (Lipinski definition) is 5. The minimum atomic E-state index is -4.68. The Balaban J connectivity index is 1.41. The van der Waals surface area contributed by atoms with E-state index < -0.39 is 12.1 Å². The Kier molecular flexibility index (Phi) is 4.86. The monoisotopic (exact) mass is 394 g/mol. The summed E-state index contributed by atoms with van der Waals surface area (Å²) in [4.78, 5) is 16.0. The van der Waals surface area contributed by atoms with Gasteiger partial charge in [0.25, 0.3) is 0 Å². The zero-order valence-electron chi connectivity index (χ0n) is 15.1. The summed E-state index contributed by atoms with van der Waals surface area (Å²) in [7, 11) is 0. The molecule has 0 spiro atoms. The number of carbonyl (C=O) groups is 1. The first-order valence-corrected chi connectivity index (χ1v) is 9.39. The summed E-state index contributed by atoms with van der Waals surface area (Å²) >= 11 is 0. The van der Waals surface area contributed by atoms with E-state index in [1.807, 2.05) is 0 Å². The molecular formula is C19H21F3N4O2. The van der Waals surface area contributed by atoms with Crippen molar-refractivity contribution >= 4 is 11.6 Å². The molecule has 150 valence electrons. The lowest BCUT2D eigenvalue weighted by atomic mass is 9.65. The van der Waals surface area contributed by atoms with E-state index >= 15 is 0 Å². The number of halogens is 3.